The van der Waals surface area contributed by atoms with E-state index >= 15 is 0 Å². The van der Waals surface area contributed by atoms with Gasteiger partial charge in [-0.05, 0) is 64.2 Å². The molecule has 4 unspecified atom stereocenters. The first-order chi connectivity index (χ1) is 9.25. The zero-order valence-electron chi connectivity index (χ0n) is 9.45. The molecule has 0 spiro atoms. The smallest absolute Gasteiger partial charge is 0.230 e. The molecule has 0 aromatic heterocycles. The molecule has 104 valence electrons. The van der Waals surface area contributed by atoms with Crippen molar-refractivity contribution in [3.8, 4) is 0 Å². The van der Waals surface area contributed by atoms with Crippen LogP contribution in [-0.4, -0.2) is 21.0 Å². The molecule has 20 heavy (non-hydrogen) atoms. The van der Waals surface area contributed by atoms with Crippen LogP contribution in [0.2, 0.25) is 0 Å². The highest BCUT2D eigenvalue weighted by atomic mass is 35.5. The number of hydrogen-bond acceptors (Lipinski definition) is 4. The minimum absolute atomic E-state index is 0.259. The lowest BCUT2D eigenvalue weighted by Gasteiger charge is -3.15. The summed E-state index contributed by atoms with van der Waals surface area (Å²) in [5.74, 6) is -1.60. The zero-order chi connectivity index (χ0) is 14.6. The minimum atomic E-state index is -1.28. The number of rotatable bonds is 4. The predicted octanol–water partition coefficient (Wildman–Crippen LogP) is 1.53. The molecule has 8 heteroatoms. The second-order valence-corrected chi connectivity index (χ2v) is 7.86. The Morgan fingerprint density at radius 2 is 1.15 bits per heavy atom. The Morgan fingerprint density at radius 1 is 0.700 bits per heavy atom. The molecule has 4 nitrogen and oxygen atoms in total. The summed E-state index contributed by atoms with van der Waals surface area (Å²) in [5, 5.41) is -2.73. The van der Waals surface area contributed by atoms with Crippen molar-refractivity contribution < 1.29 is 19.2 Å². The van der Waals surface area contributed by atoms with Gasteiger partial charge in [0.1, 0.15) is 0 Å². The number of carbonyl (C=O) groups excluding carboxylic acids is 4. The lowest BCUT2D eigenvalue weighted by molar-refractivity contribution is -0.672. The molecule has 0 radical (unpaired) electrons. The Hall–Kier alpha value is -0.160. The maximum Gasteiger partial charge on any atom is 0.230 e. The van der Waals surface area contributed by atoms with Crippen molar-refractivity contribution in [2.45, 2.75) is 0 Å². The lowest BCUT2D eigenvalue weighted by Crippen LogP contribution is -3.21. The van der Waals surface area contributed by atoms with Gasteiger partial charge >= 0.3 is 0 Å². The summed E-state index contributed by atoms with van der Waals surface area (Å²) >= 11 is 22.8. The van der Waals surface area contributed by atoms with E-state index in [9.17, 15) is 19.2 Å². The molecule has 0 N–H and O–H groups in total. The summed E-state index contributed by atoms with van der Waals surface area (Å²) in [7, 11) is 0. The topological polar surface area (TPSA) is 68.3 Å². The summed E-state index contributed by atoms with van der Waals surface area (Å²) in [6.07, 6.45) is 0. The van der Waals surface area contributed by atoms with Crippen LogP contribution in [0.4, 0.5) is 0 Å². The van der Waals surface area contributed by atoms with Gasteiger partial charge in [-0.15, -0.1) is 0 Å². The third kappa shape index (κ3) is 0.529. The third-order valence-electron chi connectivity index (χ3n) is 7.22. The van der Waals surface area contributed by atoms with Crippen molar-refractivity contribution in [1.82, 2.24) is 0 Å². The van der Waals surface area contributed by atoms with Gasteiger partial charge in [0.05, 0.1) is 21.7 Å². The molecular weight excluding hydrogens is 350 g/mol. The monoisotopic (exact) mass is 352 g/mol. The maximum atomic E-state index is 11.9. The van der Waals surface area contributed by atoms with Gasteiger partial charge in [0.2, 0.25) is 21.0 Å². The number of halogens is 4. The molecule has 6 aliphatic carbocycles. The first-order valence-corrected chi connectivity index (χ1v) is 7.56. The number of hydrogen-bond donors (Lipinski definition) is 0. The average molecular weight is 354 g/mol. The van der Waals surface area contributed by atoms with Gasteiger partial charge in [-0.3, -0.25) is 19.2 Å². The fraction of sp³-hybridized carbons (Fsp3) is 0.667. The Balaban J connectivity index is 1.79. The molecule has 6 saturated carbocycles. The molecule has 0 saturated heterocycles. The van der Waals surface area contributed by atoms with Crippen LogP contribution in [0.3, 0.4) is 0 Å². The van der Waals surface area contributed by atoms with E-state index in [1.165, 1.54) is 0 Å². The average Bonchev–Trinajstić information content (AvgIpc) is 2.35. The second kappa shape index (κ2) is 2.62. The number of carbonyl (C=O) groups is 4. The molecular formula is C12H4Cl4O4. The van der Waals surface area contributed by atoms with E-state index in [-0.39, 0.29) is 17.8 Å². The van der Waals surface area contributed by atoms with Crippen molar-refractivity contribution >= 4 is 67.4 Å². The molecule has 0 aliphatic heterocycles. The van der Waals surface area contributed by atoms with Gasteiger partial charge in [0, 0.05) is 5.92 Å². The summed E-state index contributed by atoms with van der Waals surface area (Å²) in [6, 6.07) is 0. The molecule has 0 aromatic rings. The molecule has 4 atom stereocenters. The van der Waals surface area contributed by atoms with Crippen LogP contribution in [0.25, 0.3) is 0 Å². The van der Waals surface area contributed by atoms with E-state index < -0.39 is 48.5 Å². The molecule has 6 fully saturated rings. The molecule has 0 heterocycles. The minimum Gasteiger partial charge on any atom is -0.281 e. The lowest BCUT2D eigenvalue weighted by atomic mass is 8.84. The van der Waals surface area contributed by atoms with Crippen LogP contribution < -0.4 is 0 Å². The Morgan fingerprint density at radius 3 is 1.45 bits per heavy atom. The van der Waals surface area contributed by atoms with E-state index in [1.54, 1.807) is 0 Å². The van der Waals surface area contributed by atoms with Crippen LogP contribution in [0.5, 0.6) is 0 Å². The highest BCUT2D eigenvalue weighted by molar-refractivity contribution is 6.73. The predicted molar refractivity (Wildman–Crippen MR) is 67.1 cm³/mol. The Kier molecular flexibility index (Phi) is 1.62. The molecule has 0 bridgehead atoms. The van der Waals surface area contributed by atoms with Crippen LogP contribution in [0, 0.1) is 45.3 Å². The fourth-order valence-electron chi connectivity index (χ4n) is 7.49. The summed E-state index contributed by atoms with van der Waals surface area (Å²) in [5.41, 5.74) is -4.55. The quantitative estimate of drug-likeness (QED) is 0.719. The highest BCUT2D eigenvalue weighted by Crippen LogP contribution is 3.19. The molecule has 6 aliphatic rings. The Bertz CT molecular complexity index is 678. The summed E-state index contributed by atoms with van der Waals surface area (Å²) in [4.78, 5) is 47.5. The van der Waals surface area contributed by atoms with E-state index in [0.29, 0.717) is 0 Å². The maximum absolute atomic E-state index is 11.9. The Labute approximate surface area is 132 Å². The van der Waals surface area contributed by atoms with Gasteiger partial charge < -0.3 is 0 Å². The van der Waals surface area contributed by atoms with E-state index in [4.69, 9.17) is 46.4 Å². The first kappa shape index (κ1) is 12.4. The third-order valence-corrected chi connectivity index (χ3v) is 8.47. The van der Waals surface area contributed by atoms with Gasteiger partial charge in [-0.25, -0.2) is 0 Å². The van der Waals surface area contributed by atoms with E-state index in [2.05, 4.69) is 0 Å². The van der Waals surface area contributed by atoms with Gasteiger partial charge in [0.25, 0.3) is 0 Å². The highest BCUT2D eigenvalue weighted by Gasteiger charge is 3.25. The molecule has 6 rings (SSSR count). The van der Waals surface area contributed by atoms with Crippen LogP contribution in [-0.2, 0) is 19.2 Å². The normalized spacial score (nSPS) is 64.6. The first-order valence-electron chi connectivity index (χ1n) is 6.05. The van der Waals surface area contributed by atoms with E-state index in [1.807, 2.05) is 0 Å². The summed E-state index contributed by atoms with van der Waals surface area (Å²) in [6.45, 7) is 0. The van der Waals surface area contributed by atoms with Crippen molar-refractivity contribution in [3.05, 3.63) is 0 Å². The molecule has 0 amide bonds. The van der Waals surface area contributed by atoms with Crippen molar-refractivity contribution in [1.29, 1.82) is 0 Å². The van der Waals surface area contributed by atoms with Gasteiger partial charge in [0.15, 0.2) is 0 Å². The van der Waals surface area contributed by atoms with Crippen LogP contribution in [0.1, 0.15) is 0 Å². The van der Waals surface area contributed by atoms with Crippen molar-refractivity contribution in [2.24, 2.45) is 45.3 Å². The largest absolute Gasteiger partial charge is 0.281 e. The zero-order valence-corrected chi connectivity index (χ0v) is 12.5. The van der Waals surface area contributed by atoms with Gasteiger partial charge in [-0.1, -0.05) is 0 Å². The second-order valence-electron chi connectivity index (χ2n) is 6.49. The van der Waals surface area contributed by atoms with E-state index in [0.717, 1.165) is 0 Å². The standard InChI is InChI=1S/C12H4Cl4O4/c13-5(17)9-2-1-3(9)11(7(15)19)4(9)10(2,6(14)18)12(1,11)8(16)20/h1-4H. The van der Waals surface area contributed by atoms with Crippen LogP contribution >= 0.6 is 46.4 Å². The van der Waals surface area contributed by atoms with Crippen LogP contribution in [0.15, 0.2) is 0 Å². The molecule has 0 aromatic carbocycles. The van der Waals surface area contributed by atoms with Crippen molar-refractivity contribution in [2.75, 3.05) is 0 Å². The van der Waals surface area contributed by atoms with Crippen molar-refractivity contribution in [3.63, 3.8) is 0 Å². The SMILES string of the molecule is O=C(Cl)C12C3C4C1C1(C(=O)Cl)C2C3(C(=O)Cl)C41C(=O)Cl. The summed E-state index contributed by atoms with van der Waals surface area (Å²) < 4.78 is 0. The van der Waals surface area contributed by atoms with Gasteiger partial charge in [-0.2, -0.15) is 0 Å². The fourth-order valence-corrected chi connectivity index (χ4v) is 9.02.